The first-order valence-corrected chi connectivity index (χ1v) is 6.12. The Morgan fingerprint density at radius 2 is 2.39 bits per heavy atom. The second kappa shape index (κ2) is 5.30. The zero-order valence-corrected chi connectivity index (χ0v) is 10.9. The van der Waals surface area contributed by atoms with E-state index < -0.39 is 0 Å². The molecule has 96 valence electrons. The highest BCUT2D eigenvalue weighted by Crippen LogP contribution is 2.33. The van der Waals surface area contributed by atoms with E-state index in [9.17, 15) is 4.79 Å². The summed E-state index contributed by atoms with van der Waals surface area (Å²) in [7, 11) is 1.50. The van der Waals surface area contributed by atoms with Crippen LogP contribution in [-0.2, 0) is 0 Å². The molecule has 2 rings (SSSR count). The summed E-state index contributed by atoms with van der Waals surface area (Å²) in [6, 6.07) is 1.38. The molecule has 3 N–H and O–H groups in total. The van der Waals surface area contributed by atoms with E-state index in [1.165, 1.54) is 13.3 Å². The van der Waals surface area contributed by atoms with Gasteiger partial charge in [0.25, 0.3) is 5.91 Å². The third-order valence-corrected chi connectivity index (χ3v) is 3.19. The van der Waals surface area contributed by atoms with Gasteiger partial charge in [-0.15, -0.1) is 0 Å². The van der Waals surface area contributed by atoms with Crippen LogP contribution in [0.25, 0.3) is 0 Å². The first kappa shape index (κ1) is 12.8. The molecular weight excluding hydrogens is 250 g/mol. The summed E-state index contributed by atoms with van der Waals surface area (Å²) in [5.41, 5.74) is 6.09. The van der Waals surface area contributed by atoms with Gasteiger partial charge in [0.15, 0.2) is 0 Å². The second-order valence-corrected chi connectivity index (χ2v) is 4.74. The first-order valence-electron chi connectivity index (χ1n) is 5.71. The number of nitrogens with two attached hydrogens (primary N) is 1. The van der Waals surface area contributed by atoms with Crippen molar-refractivity contribution in [3.63, 3.8) is 0 Å². The molecule has 1 unspecified atom stereocenters. The number of ether oxygens (including phenoxy) is 1. The topological polar surface area (TPSA) is 77.2 Å². The molecule has 1 aromatic rings. The van der Waals surface area contributed by atoms with Crippen molar-refractivity contribution in [1.29, 1.82) is 0 Å². The minimum absolute atomic E-state index is 0.231. The Hall–Kier alpha value is -1.69. The predicted octanol–water partition coefficient (Wildman–Crippen LogP) is 0.885. The van der Waals surface area contributed by atoms with Crippen LogP contribution in [0.2, 0.25) is 0 Å². The van der Waals surface area contributed by atoms with Crippen LogP contribution in [0.15, 0.2) is 18.5 Å². The molecule has 6 heteroatoms. The largest absolute Gasteiger partial charge is 0.494 e. The third kappa shape index (κ3) is 2.76. The molecule has 0 radical (unpaired) electrons. The fourth-order valence-corrected chi connectivity index (χ4v) is 2.05. The first-order chi connectivity index (χ1) is 8.63. The van der Waals surface area contributed by atoms with E-state index in [0.29, 0.717) is 22.2 Å². The number of amides is 1. The van der Waals surface area contributed by atoms with E-state index >= 15 is 0 Å². The summed E-state index contributed by atoms with van der Waals surface area (Å²) in [6.45, 7) is 0. The van der Waals surface area contributed by atoms with Gasteiger partial charge in [0.1, 0.15) is 5.75 Å². The zero-order valence-electron chi connectivity index (χ0n) is 10.1. The average Bonchev–Trinajstić information content (AvgIpc) is 3.19. The van der Waals surface area contributed by atoms with Crippen molar-refractivity contribution in [3.05, 3.63) is 24.0 Å². The third-order valence-electron chi connectivity index (χ3n) is 2.94. The van der Waals surface area contributed by atoms with Crippen LogP contribution in [0.5, 0.6) is 5.75 Å². The van der Waals surface area contributed by atoms with Gasteiger partial charge >= 0.3 is 0 Å². The summed E-state index contributed by atoms with van der Waals surface area (Å²) in [6.07, 6.45) is 5.15. The number of aromatic nitrogens is 1. The van der Waals surface area contributed by atoms with Crippen molar-refractivity contribution in [2.45, 2.75) is 18.9 Å². The number of thiocarbonyl (C=S) groups is 1. The van der Waals surface area contributed by atoms with Crippen LogP contribution in [0, 0.1) is 5.92 Å². The Balaban J connectivity index is 2.13. The average molecular weight is 265 g/mol. The Labute approximate surface area is 111 Å². The summed E-state index contributed by atoms with van der Waals surface area (Å²) in [5, 5.41) is 2.86. The number of nitrogens with zero attached hydrogens (tertiary/aromatic N) is 1. The Kier molecular flexibility index (Phi) is 3.76. The molecule has 0 aliphatic heterocycles. The maximum absolute atomic E-state index is 12.1. The quantitative estimate of drug-likeness (QED) is 0.773. The molecule has 1 heterocycles. The summed E-state index contributed by atoms with van der Waals surface area (Å²) < 4.78 is 5.10. The number of carbonyl (C=O) groups excluding carboxylic acids is 1. The number of hydrogen-bond acceptors (Lipinski definition) is 4. The minimum atomic E-state index is -0.237. The van der Waals surface area contributed by atoms with Gasteiger partial charge in [-0.25, -0.2) is 0 Å². The van der Waals surface area contributed by atoms with Crippen molar-refractivity contribution < 1.29 is 9.53 Å². The predicted molar refractivity (Wildman–Crippen MR) is 71.6 cm³/mol. The lowest BCUT2D eigenvalue weighted by atomic mass is 10.1. The molecule has 0 saturated heterocycles. The summed E-state index contributed by atoms with van der Waals surface area (Å²) >= 11 is 4.98. The molecule has 1 aliphatic carbocycles. The van der Waals surface area contributed by atoms with Crippen LogP contribution >= 0.6 is 12.2 Å². The van der Waals surface area contributed by atoms with Crippen molar-refractivity contribution >= 4 is 23.1 Å². The highest BCUT2D eigenvalue weighted by molar-refractivity contribution is 7.80. The van der Waals surface area contributed by atoms with Gasteiger partial charge in [-0.2, -0.15) is 0 Å². The number of methoxy groups -OCH3 is 1. The Morgan fingerprint density at radius 3 is 2.94 bits per heavy atom. The molecule has 1 aliphatic rings. The monoisotopic (exact) mass is 265 g/mol. The normalized spacial score (nSPS) is 15.8. The molecule has 1 saturated carbocycles. The molecule has 18 heavy (non-hydrogen) atoms. The molecule has 0 bridgehead atoms. The lowest BCUT2D eigenvalue weighted by molar-refractivity contribution is 0.0940. The highest BCUT2D eigenvalue weighted by Gasteiger charge is 2.34. The van der Waals surface area contributed by atoms with Gasteiger partial charge in [-0.1, -0.05) is 12.2 Å². The number of pyridine rings is 1. The van der Waals surface area contributed by atoms with Crippen molar-refractivity contribution in [2.75, 3.05) is 7.11 Å². The standard InChI is InChI=1S/C12H15N3O2S/c1-17-9-6-14-5-4-8(9)12(16)15-10(11(13)18)7-2-3-7/h4-7,10H,2-3H2,1H3,(H2,13,18)(H,15,16). The second-order valence-electron chi connectivity index (χ2n) is 4.27. The Bertz CT molecular complexity index is 474. The van der Waals surface area contributed by atoms with E-state index in [4.69, 9.17) is 22.7 Å². The van der Waals surface area contributed by atoms with E-state index in [2.05, 4.69) is 10.3 Å². The van der Waals surface area contributed by atoms with Gasteiger partial charge < -0.3 is 15.8 Å². The maximum Gasteiger partial charge on any atom is 0.255 e. The van der Waals surface area contributed by atoms with E-state index in [1.54, 1.807) is 12.3 Å². The number of rotatable bonds is 5. The lowest BCUT2D eigenvalue weighted by Gasteiger charge is -2.17. The van der Waals surface area contributed by atoms with Crippen molar-refractivity contribution in [3.8, 4) is 5.75 Å². The smallest absolute Gasteiger partial charge is 0.255 e. The molecule has 0 aromatic carbocycles. The molecular formula is C12H15N3O2S. The van der Waals surface area contributed by atoms with Crippen LogP contribution < -0.4 is 15.8 Å². The van der Waals surface area contributed by atoms with Gasteiger partial charge in [-0.05, 0) is 24.8 Å². The molecule has 1 aromatic heterocycles. The van der Waals surface area contributed by atoms with E-state index in [0.717, 1.165) is 12.8 Å². The van der Waals surface area contributed by atoms with Gasteiger partial charge in [0.2, 0.25) is 0 Å². The van der Waals surface area contributed by atoms with Gasteiger partial charge in [0, 0.05) is 6.20 Å². The molecule has 1 atom stereocenters. The number of carbonyl (C=O) groups is 1. The van der Waals surface area contributed by atoms with Crippen LogP contribution in [-0.4, -0.2) is 29.0 Å². The van der Waals surface area contributed by atoms with E-state index in [-0.39, 0.29) is 11.9 Å². The summed E-state index contributed by atoms with van der Waals surface area (Å²) in [4.78, 5) is 16.4. The van der Waals surface area contributed by atoms with E-state index in [1.807, 2.05) is 0 Å². The molecule has 1 fully saturated rings. The maximum atomic E-state index is 12.1. The van der Waals surface area contributed by atoms with Gasteiger partial charge in [-0.3, -0.25) is 9.78 Å². The van der Waals surface area contributed by atoms with Crippen LogP contribution in [0.3, 0.4) is 0 Å². The minimum Gasteiger partial charge on any atom is -0.494 e. The molecule has 5 nitrogen and oxygen atoms in total. The lowest BCUT2D eigenvalue weighted by Crippen LogP contribution is -2.45. The summed E-state index contributed by atoms with van der Waals surface area (Å²) in [5.74, 6) is 0.575. The zero-order chi connectivity index (χ0) is 13.1. The SMILES string of the molecule is COc1cnccc1C(=O)NC(C(N)=S)C1CC1. The highest BCUT2D eigenvalue weighted by atomic mass is 32.1. The van der Waals surface area contributed by atoms with Crippen molar-refractivity contribution in [1.82, 2.24) is 10.3 Å². The fourth-order valence-electron chi connectivity index (χ4n) is 1.80. The van der Waals surface area contributed by atoms with Crippen LogP contribution in [0.1, 0.15) is 23.2 Å². The number of nitrogens with one attached hydrogen (secondary N) is 1. The van der Waals surface area contributed by atoms with Crippen molar-refractivity contribution in [2.24, 2.45) is 11.7 Å². The fraction of sp³-hybridized carbons (Fsp3) is 0.417. The van der Waals surface area contributed by atoms with Gasteiger partial charge in [0.05, 0.1) is 29.9 Å². The Morgan fingerprint density at radius 1 is 1.67 bits per heavy atom. The molecule has 1 amide bonds. The molecule has 0 spiro atoms. The number of hydrogen-bond donors (Lipinski definition) is 2. The van der Waals surface area contributed by atoms with Crippen LogP contribution in [0.4, 0.5) is 0 Å².